The van der Waals surface area contributed by atoms with Crippen LogP contribution in [0.15, 0.2) is 54.6 Å². The van der Waals surface area contributed by atoms with Crippen LogP contribution in [-0.2, 0) is 0 Å². The molecule has 3 N–H and O–H groups in total. The molecule has 1 aliphatic rings. The molecule has 0 aromatic heterocycles. The average Bonchev–Trinajstić information content (AvgIpc) is 3.21. The summed E-state index contributed by atoms with van der Waals surface area (Å²) in [6.07, 6.45) is 1.17. The second-order valence-corrected chi connectivity index (χ2v) is 5.55. The summed E-state index contributed by atoms with van der Waals surface area (Å²) in [5.74, 6) is 6.89. The lowest BCUT2D eigenvalue weighted by Crippen LogP contribution is -2.29. The summed E-state index contributed by atoms with van der Waals surface area (Å²) in [6, 6.07) is 18.7. The summed E-state index contributed by atoms with van der Waals surface area (Å²) in [4.78, 5) is 0. The van der Waals surface area contributed by atoms with Crippen molar-refractivity contribution in [1.29, 1.82) is 0 Å². The smallest absolute Gasteiger partial charge is 0.0494 e. The van der Waals surface area contributed by atoms with Gasteiger partial charge in [-0.25, -0.2) is 0 Å². The quantitative estimate of drug-likeness (QED) is 0.659. The molecule has 19 heavy (non-hydrogen) atoms. The molecule has 0 amide bonds. The molecule has 0 spiro atoms. The van der Waals surface area contributed by atoms with E-state index in [0.717, 1.165) is 5.02 Å². The van der Waals surface area contributed by atoms with Gasteiger partial charge in [0.15, 0.2) is 0 Å². The van der Waals surface area contributed by atoms with Crippen LogP contribution in [0, 0.1) is 5.92 Å². The van der Waals surface area contributed by atoms with Gasteiger partial charge in [0.25, 0.3) is 0 Å². The van der Waals surface area contributed by atoms with Gasteiger partial charge in [-0.05, 0) is 41.5 Å². The molecule has 0 heterocycles. The van der Waals surface area contributed by atoms with Gasteiger partial charge in [-0.15, -0.1) is 0 Å². The van der Waals surface area contributed by atoms with Gasteiger partial charge in [-0.1, -0.05) is 54.1 Å². The molecule has 2 aromatic carbocycles. The largest absolute Gasteiger partial charge is 0.271 e. The van der Waals surface area contributed by atoms with Gasteiger partial charge < -0.3 is 0 Å². The number of benzene rings is 2. The molecule has 3 heteroatoms. The predicted octanol–water partition coefficient (Wildman–Crippen LogP) is 3.65. The van der Waals surface area contributed by atoms with E-state index < -0.39 is 0 Å². The predicted molar refractivity (Wildman–Crippen MR) is 78.8 cm³/mol. The molecule has 3 rings (SSSR count). The molecule has 3 unspecified atom stereocenters. The summed E-state index contributed by atoms with van der Waals surface area (Å²) < 4.78 is 0. The van der Waals surface area contributed by atoms with Gasteiger partial charge in [0.05, 0.1) is 0 Å². The molecule has 0 saturated heterocycles. The minimum atomic E-state index is 0.170. The Morgan fingerprint density at radius 3 is 2.58 bits per heavy atom. The molecule has 2 aromatic rings. The molecule has 1 aliphatic carbocycles. The number of nitrogens with two attached hydrogens (primary N) is 1. The molecule has 3 atom stereocenters. The lowest BCUT2D eigenvalue weighted by Gasteiger charge is -2.16. The Bertz CT molecular complexity index is 556. The van der Waals surface area contributed by atoms with Crippen molar-refractivity contribution >= 4 is 11.6 Å². The zero-order valence-corrected chi connectivity index (χ0v) is 11.3. The monoisotopic (exact) mass is 272 g/mol. The number of hydrazine groups is 1. The summed E-state index contributed by atoms with van der Waals surface area (Å²) in [6.45, 7) is 0. The Balaban J connectivity index is 1.79. The summed E-state index contributed by atoms with van der Waals surface area (Å²) >= 11 is 6.06. The minimum absolute atomic E-state index is 0.170. The lowest BCUT2D eigenvalue weighted by molar-refractivity contribution is 0.487. The standard InChI is InChI=1S/C16H17ClN2/c17-13-8-4-7-12(9-13)16(19-18)15-10-14(15)11-5-2-1-3-6-11/h1-9,14-16,19H,10,18H2. The molecule has 1 fully saturated rings. The second kappa shape index (κ2) is 5.33. The van der Waals surface area contributed by atoms with Gasteiger partial charge >= 0.3 is 0 Å². The zero-order valence-electron chi connectivity index (χ0n) is 10.6. The highest BCUT2D eigenvalue weighted by atomic mass is 35.5. The van der Waals surface area contributed by atoms with E-state index in [1.54, 1.807) is 0 Å². The van der Waals surface area contributed by atoms with E-state index in [-0.39, 0.29) is 6.04 Å². The van der Waals surface area contributed by atoms with Gasteiger partial charge in [0, 0.05) is 11.1 Å². The van der Waals surface area contributed by atoms with E-state index >= 15 is 0 Å². The van der Waals surface area contributed by atoms with Crippen molar-refractivity contribution < 1.29 is 0 Å². The fourth-order valence-corrected chi connectivity index (χ4v) is 3.03. The second-order valence-electron chi connectivity index (χ2n) is 5.12. The van der Waals surface area contributed by atoms with Crippen LogP contribution in [0.3, 0.4) is 0 Å². The van der Waals surface area contributed by atoms with E-state index in [2.05, 4.69) is 41.8 Å². The van der Waals surface area contributed by atoms with Crippen LogP contribution >= 0.6 is 11.6 Å². The maximum absolute atomic E-state index is 6.06. The average molecular weight is 273 g/mol. The van der Waals surface area contributed by atoms with Crippen LogP contribution in [0.25, 0.3) is 0 Å². The fourth-order valence-electron chi connectivity index (χ4n) is 2.83. The number of nitrogens with one attached hydrogen (secondary N) is 1. The third-order valence-corrected chi connectivity index (χ3v) is 4.12. The SMILES string of the molecule is NNC(c1cccc(Cl)c1)C1CC1c1ccccc1. The van der Waals surface area contributed by atoms with E-state index in [9.17, 15) is 0 Å². The number of halogens is 1. The van der Waals surface area contributed by atoms with Crippen LogP contribution in [0.1, 0.15) is 29.5 Å². The molecular formula is C16H17ClN2. The van der Waals surface area contributed by atoms with E-state index in [1.807, 2.05) is 18.2 Å². The maximum Gasteiger partial charge on any atom is 0.0494 e. The Hall–Kier alpha value is -1.35. The van der Waals surface area contributed by atoms with Gasteiger partial charge in [0.1, 0.15) is 0 Å². The Morgan fingerprint density at radius 1 is 1.11 bits per heavy atom. The third-order valence-electron chi connectivity index (χ3n) is 3.88. The van der Waals surface area contributed by atoms with Gasteiger partial charge in [-0.2, -0.15) is 0 Å². The van der Waals surface area contributed by atoms with Gasteiger partial charge in [0.2, 0.25) is 0 Å². The van der Waals surface area contributed by atoms with Crippen molar-refractivity contribution in [2.24, 2.45) is 11.8 Å². The van der Waals surface area contributed by atoms with Crippen molar-refractivity contribution in [3.8, 4) is 0 Å². The van der Waals surface area contributed by atoms with E-state index in [0.29, 0.717) is 11.8 Å². The Kier molecular flexibility index (Phi) is 3.56. The molecular weight excluding hydrogens is 256 g/mol. The fraction of sp³-hybridized carbons (Fsp3) is 0.250. The molecule has 2 nitrogen and oxygen atoms in total. The zero-order chi connectivity index (χ0) is 13.2. The summed E-state index contributed by atoms with van der Waals surface area (Å²) in [5.41, 5.74) is 5.51. The molecule has 0 bridgehead atoms. The highest BCUT2D eigenvalue weighted by Gasteiger charge is 2.43. The first-order valence-corrected chi connectivity index (χ1v) is 6.94. The first-order valence-electron chi connectivity index (χ1n) is 6.56. The van der Waals surface area contributed by atoms with Crippen LogP contribution in [0.2, 0.25) is 5.02 Å². The van der Waals surface area contributed by atoms with Crippen LogP contribution in [-0.4, -0.2) is 0 Å². The first-order chi connectivity index (χ1) is 9.29. The highest BCUT2D eigenvalue weighted by Crippen LogP contribution is 2.53. The topological polar surface area (TPSA) is 38.0 Å². The van der Waals surface area contributed by atoms with E-state index in [1.165, 1.54) is 17.5 Å². The van der Waals surface area contributed by atoms with Crippen LogP contribution < -0.4 is 11.3 Å². The Labute approximate surface area is 118 Å². The maximum atomic E-state index is 6.06. The van der Waals surface area contributed by atoms with E-state index in [4.69, 9.17) is 17.4 Å². The first kappa shape index (κ1) is 12.7. The molecule has 0 radical (unpaired) electrons. The van der Waals surface area contributed by atoms with Gasteiger partial charge in [-0.3, -0.25) is 11.3 Å². The van der Waals surface area contributed by atoms with Crippen molar-refractivity contribution in [1.82, 2.24) is 5.43 Å². The summed E-state index contributed by atoms with van der Waals surface area (Å²) in [5, 5.41) is 0.759. The summed E-state index contributed by atoms with van der Waals surface area (Å²) in [7, 11) is 0. The lowest BCUT2D eigenvalue weighted by atomic mass is 9.99. The van der Waals surface area contributed by atoms with Crippen molar-refractivity contribution in [2.75, 3.05) is 0 Å². The minimum Gasteiger partial charge on any atom is -0.271 e. The van der Waals surface area contributed by atoms with Crippen LogP contribution in [0.4, 0.5) is 0 Å². The molecule has 1 saturated carbocycles. The van der Waals surface area contributed by atoms with Crippen LogP contribution in [0.5, 0.6) is 0 Å². The molecule has 0 aliphatic heterocycles. The van der Waals surface area contributed by atoms with Crippen molar-refractivity contribution in [2.45, 2.75) is 18.4 Å². The van der Waals surface area contributed by atoms with Crippen molar-refractivity contribution in [3.63, 3.8) is 0 Å². The third kappa shape index (κ3) is 2.66. The highest BCUT2D eigenvalue weighted by molar-refractivity contribution is 6.30. The number of hydrogen-bond acceptors (Lipinski definition) is 2. The normalized spacial score (nSPS) is 23.1. The van der Waals surface area contributed by atoms with Crippen molar-refractivity contribution in [3.05, 3.63) is 70.7 Å². The number of rotatable bonds is 4. The number of hydrogen-bond donors (Lipinski definition) is 2. The Morgan fingerprint density at radius 2 is 1.89 bits per heavy atom. The molecule has 98 valence electrons.